The quantitative estimate of drug-likeness (QED) is 0.363. The van der Waals surface area contributed by atoms with Crippen LogP contribution in [0.5, 0.6) is 0 Å². The maximum atomic E-state index is 4.44. The summed E-state index contributed by atoms with van der Waals surface area (Å²) in [6.07, 6.45) is 6.44. The predicted molar refractivity (Wildman–Crippen MR) is 122 cm³/mol. The maximum Gasteiger partial charge on any atom is 0.191 e. The van der Waals surface area contributed by atoms with Crippen LogP contribution >= 0.6 is 24.0 Å². The van der Waals surface area contributed by atoms with E-state index in [1.807, 2.05) is 7.05 Å². The summed E-state index contributed by atoms with van der Waals surface area (Å²) in [7, 11) is 1.88. The van der Waals surface area contributed by atoms with Crippen molar-refractivity contribution in [2.45, 2.75) is 44.4 Å². The van der Waals surface area contributed by atoms with Gasteiger partial charge in [-0.25, -0.2) is 0 Å². The van der Waals surface area contributed by atoms with E-state index in [0.717, 1.165) is 25.0 Å². The average molecular weight is 470 g/mol. The molecule has 0 bridgehead atoms. The lowest BCUT2D eigenvalue weighted by molar-refractivity contribution is 0.243. The molecule has 1 heterocycles. The van der Waals surface area contributed by atoms with Crippen LogP contribution in [-0.2, 0) is 5.41 Å². The molecular weight excluding hydrogens is 435 g/mol. The molecule has 0 aromatic heterocycles. The van der Waals surface area contributed by atoms with Crippen molar-refractivity contribution in [1.29, 1.82) is 0 Å². The number of likely N-dealkylation sites (tertiary alicyclic amines) is 1. The van der Waals surface area contributed by atoms with E-state index in [9.17, 15) is 0 Å². The molecule has 3 rings (SSSR count). The van der Waals surface area contributed by atoms with E-state index in [0.29, 0.717) is 5.41 Å². The monoisotopic (exact) mass is 470 g/mol. The molecule has 0 radical (unpaired) electrons. The molecule has 1 saturated carbocycles. The summed E-state index contributed by atoms with van der Waals surface area (Å²) < 4.78 is 0. The van der Waals surface area contributed by atoms with E-state index in [4.69, 9.17) is 0 Å². The van der Waals surface area contributed by atoms with Crippen LogP contribution in [0.4, 0.5) is 0 Å². The third kappa shape index (κ3) is 5.35. The highest BCUT2D eigenvalue weighted by Crippen LogP contribution is 2.43. The molecule has 4 nitrogen and oxygen atoms in total. The number of halogens is 1. The van der Waals surface area contributed by atoms with Gasteiger partial charge >= 0.3 is 0 Å². The fourth-order valence-electron chi connectivity index (χ4n) is 4.28. The number of aliphatic imine (C=N–C) groups is 1. The Hall–Kier alpha value is -0.820. The Balaban J connectivity index is 0.00000243. The van der Waals surface area contributed by atoms with Gasteiger partial charge in [0.2, 0.25) is 0 Å². The maximum absolute atomic E-state index is 4.44. The van der Waals surface area contributed by atoms with Crippen molar-refractivity contribution in [3.63, 3.8) is 0 Å². The van der Waals surface area contributed by atoms with Gasteiger partial charge in [0, 0.05) is 32.1 Å². The van der Waals surface area contributed by atoms with Crippen molar-refractivity contribution < 1.29 is 0 Å². The number of hydrogen-bond acceptors (Lipinski definition) is 2. The summed E-state index contributed by atoms with van der Waals surface area (Å²) in [5.41, 5.74) is 1.76. The van der Waals surface area contributed by atoms with Gasteiger partial charge in [0.1, 0.15) is 0 Å². The zero-order valence-corrected chi connectivity index (χ0v) is 18.7. The molecule has 1 aromatic carbocycles. The van der Waals surface area contributed by atoms with Gasteiger partial charge in [0.05, 0.1) is 0 Å². The molecule has 2 N–H and O–H groups in total. The Morgan fingerprint density at radius 2 is 2.00 bits per heavy atom. The Bertz CT molecular complexity index is 556. The van der Waals surface area contributed by atoms with Crippen molar-refractivity contribution in [2.24, 2.45) is 10.9 Å². The minimum atomic E-state index is 0. The lowest BCUT2D eigenvalue weighted by Crippen LogP contribution is -2.49. The number of nitrogens with one attached hydrogen (secondary N) is 2. The molecule has 1 atom stereocenters. The van der Waals surface area contributed by atoms with E-state index in [1.165, 1.54) is 57.3 Å². The molecule has 2 aliphatic rings. The molecule has 1 saturated heterocycles. The zero-order valence-electron chi connectivity index (χ0n) is 16.3. The zero-order chi connectivity index (χ0) is 17.5. The third-order valence-electron chi connectivity index (χ3n) is 5.98. The Morgan fingerprint density at radius 1 is 1.23 bits per heavy atom. The lowest BCUT2D eigenvalue weighted by Gasteiger charge is -2.43. The van der Waals surface area contributed by atoms with Gasteiger partial charge in [-0.1, -0.05) is 43.7 Å². The van der Waals surface area contributed by atoms with Crippen molar-refractivity contribution in [1.82, 2.24) is 15.5 Å². The summed E-state index contributed by atoms with van der Waals surface area (Å²) in [6.45, 7) is 7.99. The van der Waals surface area contributed by atoms with Crippen LogP contribution in [0.1, 0.15) is 44.6 Å². The number of guanidine groups is 1. The van der Waals surface area contributed by atoms with Gasteiger partial charge in [-0.15, -0.1) is 24.0 Å². The summed E-state index contributed by atoms with van der Waals surface area (Å²) >= 11 is 0. The van der Waals surface area contributed by atoms with E-state index in [-0.39, 0.29) is 24.0 Å². The van der Waals surface area contributed by atoms with E-state index in [2.05, 4.69) is 57.8 Å². The molecule has 26 heavy (non-hydrogen) atoms. The van der Waals surface area contributed by atoms with Gasteiger partial charge in [-0.2, -0.15) is 0 Å². The average Bonchev–Trinajstić information content (AvgIpc) is 3.05. The van der Waals surface area contributed by atoms with E-state index >= 15 is 0 Å². The van der Waals surface area contributed by atoms with E-state index in [1.54, 1.807) is 0 Å². The van der Waals surface area contributed by atoms with Crippen LogP contribution in [0.2, 0.25) is 0 Å². The van der Waals surface area contributed by atoms with Crippen LogP contribution in [0, 0.1) is 5.92 Å². The largest absolute Gasteiger partial charge is 0.356 e. The van der Waals surface area contributed by atoms with Crippen LogP contribution in [0.15, 0.2) is 35.3 Å². The van der Waals surface area contributed by atoms with E-state index < -0.39 is 0 Å². The molecular formula is C21H35IN4. The predicted octanol–water partition coefficient (Wildman–Crippen LogP) is 3.62. The minimum Gasteiger partial charge on any atom is -0.356 e. The molecule has 146 valence electrons. The second-order valence-electron chi connectivity index (χ2n) is 7.76. The Morgan fingerprint density at radius 3 is 2.62 bits per heavy atom. The minimum absolute atomic E-state index is 0. The molecule has 1 aromatic rings. The summed E-state index contributed by atoms with van der Waals surface area (Å²) in [4.78, 5) is 7.02. The Labute approximate surface area is 176 Å². The lowest BCUT2D eigenvalue weighted by atomic mass is 9.64. The van der Waals surface area contributed by atoms with Crippen LogP contribution in [0.25, 0.3) is 0 Å². The standard InChI is InChI=1S/C21H34N4.HI/c1-3-13-25-14-10-18(16-25)15-23-20(22-2)24-17-21(11-7-12-21)19-8-5-4-6-9-19;/h4-6,8-9,18H,3,7,10-17H2,1-2H3,(H2,22,23,24);1H. The third-order valence-corrected chi connectivity index (χ3v) is 5.98. The summed E-state index contributed by atoms with van der Waals surface area (Å²) in [5.74, 6) is 1.70. The summed E-state index contributed by atoms with van der Waals surface area (Å²) in [5, 5.41) is 7.15. The molecule has 1 aliphatic carbocycles. The first kappa shape index (κ1) is 21.5. The van der Waals surface area contributed by atoms with Gasteiger partial charge in [0.15, 0.2) is 5.96 Å². The normalized spacial score (nSPS) is 22.4. The first-order valence-electron chi connectivity index (χ1n) is 9.98. The SMILES string of the molecule is CCCN1CCC(CNC(=NC)NCC2(c3ccccc3)CCC2)C1.I. The highest BCUT2D eigenvalue weighted by atomic mass is 127. The molecule has 1 unspecified atom stereocenters. The molecule has 0 spiro atoms. The number of hydrogen-bond donors (Lipinski definition) is 2. The molecule has 5 heteroatoms. The smallest absolute Gasteiger partial charge is 0.191 e. The highest BCUT2D eigenvalue weighted by molar-refractivity contribution is 14.0. The highest BCUT2D eigenvalue weighted by Gasteiger charge is 2.38. The van der Waals surface area contributed by atoms with Crippen LogP contribution in [0.3, 0.4) is 0 Å². The van der Waals surface area contributed by atoms with Gasteiger partial charge in [-0.3, -0.25) is 4.99 Å². The second kappa shape index (κ2) is 10.5. The first-order valence-corrected chi connectivity index (χ1v) is 9.98. The van der Waals surface area contributed by atoms with Crippen LogP contribution in [-0.4, -0.2) is 50.6 Å². The number of benzene rings is 1. The fraction of sp³-hybridized carbons (Fsp3) is 0.667. The number of rotatable bonds is 7. The van der Waals surface area contributed by atoms with Gasteiger partial charge in [-0.05, 0) is 50.3 Å². The van der Waals surface area contributed by atoms with Gasteiger partial charge < -0.3 is 15.5 Å². The molecule has 1 aliphatic heterocycles. The van der Waals surface area contributed by atoms with Crippen LogP contribution < -0.4 is 10.6 Å². The molecule has 2 fully saturated rings. The second-order valence-corrected chi connectivity index (χ2v) is 7.76. The first-order chi connectivity index (χ1) is 12.3. The van der Waals surface area contributed by atoms with Crippen molar-refractivity contribution in [3.8, 4) is 0 Å². The van der Waals surface area contributed by atoms with Crippen molar-refractivity contribution in [3.05, 3.63) is 35.9 Å². The molecule has 0 amide bonds. The van der Waals surface area contributed by atoms with Crippen molar-refractivity contribution >= 4 is 29.9 Å². The Kier molecular flexibility index (Phi) is 8.67. The topological polar surface area (TPSA) is 39.7 Å². The van der Waals surface area contributed by atoms with Gasteiger partial charge in [0.25, 0.3) is 0 Å². The number of nitrogens with zero attached hydrogens (tertiary/aromatic N) is 2. The van der Waals surface area contributed by atoms with Crippen molar-refractivity contribution in [2.75, 3.05) is 39.8 Å². The summed E-state index contributed by atoms with van der Waals surface area (Å²) in [6, 6.07) is 11.0. The fourth-order valence-corrected chi connectivity index (χ4v) is 4.28.